The smallest absolute Gasteiger partial charge is 0.00693 e. The molecule has 0 amide bonds. The molecule has 0 aliphatic carbocycles. The first-order chi connectivity index (χ1) is 7.19. The van der Waals surface area contributed by atoms with E-state index in [2.05, 4.69) is 44.4 Å². The molecule has 1 atom stereocenters. The van der Waals surface area contributed by atoms with Crippen LogP contribution in [0.1, 0.15) is 31.7 Å². The summed E-state index contributed by atoms with van der Waals surface area (Å²) in [7, 11) is 0. The molecule has 0 aromatic heterocycles. The van der Waals surface area contributed by atoms with Gasteiger partial charge < -0.3 is 5.73 Å². The first-order valence-electron chi connectivity index (χ1n) is 5.53. The summed E-state index contributed by atoms with van der Waals surface area (Å²) in [5.74, 6) is 1.26. The van der Waals surface area contributed by atoms with Crippen molar-refractivity contribution in [3.8, 4) is 0 Å². The summed E-state index contributed by atoms with van der Waals surface area (Å²) >= 11 is 1.79. The molecule has 1 aromatic rings. The Morgan fingerprint density at radius 2 is 1.80 bits per heavy atom. The average molecular weight is 223 g/mol. The van der Waals surface area contributed by atoms with Gasteiger partial charge in [-0.3, -0.25) is 0 Å². The number of nitrogens with two attached hydrogens (primary N) is 1. The van der Waals surface area contributed by atoms with Crippen molar-refractivity contribution in [3.63, 3.8) is 0 Å². The quantitative estimate of drug-likeness (QED) is 0.773. The summed E-state index contributed by atoms with van der Waals surface area (Å²) in [5, 5.41) is 0. The molecule has 15 heavy (non-hydrogen) atoms. The third kappa shape index (κ3) is 3.54. The molecule has 1 unspecified atom stereocenters. The van der Waals surface area contributed by atoms with E-state index in [1.54, 1.807) is 11.8 Å². The summed E-state index contributed by atoms with van der Waals surface area (Å²) in [6, 6.07) is 8.89. The van der Waals surface area contributed by atoms with Gasteiger partial charge in [0.2, 0.25) is 0 Å². The summed E-state index contributed by atoms with van der Waals surface area (Å²) < 4.78 is 0. The van der Waals surface area contributed by atoms with Gasteiger partial charge in [0, 0.05) is 4.90 Å². The van der Waals surface area contributed by atoms with Crippen LogP contribution in [0, 0.1) is 5.92 Å². The van der Waals surface area contributed by atoms with E-state index in [4.69, 9.17) is 5.73 Å². The second-order valence-corrected chi connectivity index (χ2v) is 5.08. The van der Waals surface area contributed by atoms with Crippen molar-refractivity contribution >= 4 is 11.8 Å². The van der Waals surface area contributed by atoms with Gasteiger partial charge in [-0.25, -0.2) is 0 Å². The molecule has 0 saturated carbocycles. The number of benzene rings is 1. The van der Waals surface area contributed by atoms with E-state index in [1.807, 2.05) is 0 Å². The fourth-order valence-corrected chi connectivity index (χ4v) is 2.32. The van der Waals surface area contributed by atoms with Gasteiger partial charge in [-0.15, -0.1) is 11.8 Å². The van der Waals surface area contributed by atoms with Crippen molar-refractivity contribution in [2.75, 3.05) is 12.8 Å². The van der Waals surface area contributed by atoms with Crippen LogP contribution in [-0.2, 0) is 0 Å². The van der Waals surface area contributed by atoms with Crippen molar-refractivity contribution in [2.45, 2.75) is 31.1 Å². The van der Waals surface area contributed by atoms with Crippen molar-refractivity contribution < 1.29 is 0 Å². The Kier molecular flexibility index (Phi) is 5.20. The molecule has 0 saturated heterocycles. The Balaban J connectivity index is 2.81. The Morgan fingerprint density at radius 3 is 2.20 bits per heavy atom. The van der Waals surface area contributed by atoms with Gasteiger partial charge in [0.1, 0.15) is 0 Å². The van der Waals surface area contributed by atoms with E-state index in [1.165, 1.54) is 10.5 Å². The SMILES string of the molecule is CSc1ccc(C(CCN)C(C)C)cc1. The van der Waals surface area contributed by atoms with E-state index in [0.29, 0.717) is 11.8 Å². The van der Waals surface area contributed by atoms with E-state index in [0.717, 1.165) is 13.0 Å². The van der Waals surface area contributed by atoms with E-state index < -0.39 is 0 Å². The fourth-order valence-electron chi connectivity index (χ4n) is 1.92. The molecule has 0 spiro atoms. The summed E-state index contributed by atoms with van der Waals surface area (Å²) in [4.78, 5) is 1.33. The minimum Gasteiger partial charge on any atom is -0.330 e. The lowest BCUT2D eigenvalue weighted by Gasteiger charge is -2.20. The molecule has 2 heteroatoms. The molecule has 1 nitrogen and oxygen atoms in total. The van der Waals surface area contributed by atoms with Crippen LogP contribution >= 0.6 is 11.8 Å². The predicted octanol–water partition coefficient (Wildman–Crippen LogP) is 3.50. The highest BCUT2D eigenvalue weighted by Crippen LogP contribution is 2.28. The molecule has 0 radical (unpaired) electrons. The van der Waals surface area contributed by atoms with Gasteiger partial charge in [-0.05, 0) is 48.8 Å². The normalized spacial score (nSPS) is 13.1. The van der Waals surface area contributed by atoms with Crippen LogP contribution in [0.25, 0.3) is 0 Å². The summed E-state index contributed by atoms with van der Waals surface area (Å²) in [6.45, 7) is 5.30. The average Bonchev–Trinajstić information content (AvgIpc) is 2.26. The van der Waals surface area contributed by atoms with Gasteiger partial charge in [0.15, 0.2) is 0 Å². The molecule has 0 heterocycles. The minimum atomic E-state index is 0.603. The fraction of sp³-hybridized carbons (Fsp3) is 0.538. The lowest BCUT2D eigenvalue weighted by Crippen LogP contribution is -2.12. The zero-order valence-corrected chi connectivity index (χ0v) is 10.7. The molecule has 0 fully saturated rings. The summed E-state index contributed by atoms with van der Waals surface area (Å²) in [5.41, 5.74) is 7.08. The molecular weight excluding hydrogens is 202 g/mol. The Hall–Kier alpha value is -0.470. The van der Waals surface area contributed by atoms with Gasteiger partial charge >= 0.3 is 0 Å². The van der Waals surface area contributed by atoms with Crippen LogP contribution in [0.2, 0.25) is 0 Å². The second-order valence-electron chi connectivity index (χ2n) is 4.20. The molecule has 1 rings (SSSR count). The first-order valence-corrected chi connectivity index (χ1v) is 6.75. The lowest BCUT2D eigenvalue weighted by atomic mass is 9.86. The minimum absolute atomic E-state index is 0.603. The molecule has 1 aromatic carbocycles. The third-order valence-corrected chi connectivity index (χ3v) is 3.57. The lowest BCUT2D eigenvalue weighted by molar-refractivity contribution is 0.473. The van der Waals surface area contributed by atoms with Gasteiger partial charge in [-0.1, -0.05) is 26.0 Å². The molecule has 0 bridgehead atoms. The number of hydrogen-bond acceptors (Lipinski definition) is 2. The van der Waals surface area contributed by atoms with Crippen molar-refractivity contribution in [1.29, 1.82) is 0 Å². The maximum atomic E-state index is 5.66. The van der Waals surface area contributed by atoms with Crippen LogP contribution in [0.3, 0.4) is 0 Å². The second kappa shape index (κ2) is 6.19. The van der Waals surface area contributed by atoms with Crippen LogP contribution in [0.4, 0.5) is 0 Å². The highest BCUT2D eigenvalue weighted by molar-refractivity contribution is 7.98. The Morgan fingerprint density at radius 1 is 1.20 bits per heavy atom. The highest BCUT2D eigenvalue weighted by Gasteiger charge is 2.14. The maximum absolute atomic E-state index is 5.66. The molecule has 0 aliphatic heterocycles. The van der Waals surface area contributed by atoms with Crippen LogP contribution in [0.5, 0.6) is 0 Å². The van der Waals surface area contributed by atoms with Crippen molar-refractivity contribution in [1.82, 2.24) is 0 Å². The summed E-state index contributed by atoms with van der Waals surface area (Å²) in [6.07, 6.45) is 3.19. The van der Waals surface area contributed by atoms with Crippen molar-refractivity contribution in [3.05, 3.63) is 29.8 Å². The van der Waals surface area contributed by atoms with Crippen LogP contribution in [-0.4, -0.2) is 12.8 Å². The molecule has 2 N–H and O–H groups in total. The predicted molar refractivity (Wildman–Crippen MR) is 69.5 cm³/mol. The van der Waals surface area contributed by atoms with Crippen molar-refractivity contribution in [2.24, 2.45) is 11.7 Å². The zero-order chi connectivity index (χ0) is 11.3. The van der Waals surface area contributed by atoms with Crippen LogP contribution < -0.4 is 5.73 Å². The van der Waals surface area contributed by atoms with Crippen LogP contribution in [0.15, 0.2) is 29.2 Å². The monoisotopic (exact) mass is 223 g/mol. The van der Waals surface area contributed by atoms with Gasteiger partial charge in [-0.2, -0.15) is 0 Å². The number of thioether (sulfide) groups is 1. The first kappa shape index (κ1) is 12.6. The third-order valence-electron chi connectivity index (χ3n) is 2.83. The topological polar surface area (TPSA) is 26.0 Å². The molecular formula is C13H21NS. The van der Waals surface area contributed by atoms with Gasteiger partial charge in [0.05, 0.1) is 0 Å². The standard InChI is InChI=1S/C13H21NS/c1-10(2)13(8-9-14)11-4-6-12(15-3)7-5-11/h4-7,10,13H,8-9,14H2,1-3H3. The number of hydrogen-bond donors (Lipinski definition) is 1. The Bertz CT molecular complexity index is 279. The van der Waals surface area contributed by atoms with E-state index >= 15 is 0 Å². The highest BCUT2D eigenvalue weighted by atomic mass is 32.2. The zero-order valence-electron chi connectivity index (χ0n) is 9.86. The van der Waals surface area contributed by atoms with E-state index in [-0.39, 0.29) is 0 Å². The maximum Gasteiger partial charge on any atom is 0.00693 e. The molecule has 84 valence electrons. The largest absolute Gasteiger partial charge is 0.330 e. The van der Waals surface area contributed by atoms with E-state index in [9.17, 15) is 0 Å². The van der Waals surface area contributed by atoms with Gasteiger partial charge in [0.25, 0.3) is 0 Å². The Labute approximate surface area is 97.4 Å². The number of rotatable bonds is 5. The molecule has 0 aliphatic rings.